The van der Waals surface area contributed by atoms with E-state index in [2.05, 4.69) is 44.8 Å². The highest BCUT2D eigenvalue weighted by Crippen LogP contribution is 2.24. The van der Waals surface area contributed by atoms with Crippen molar-refractivity contribution in [3.05, 3.63) is 0 Å². The average molecular weight is 301 g/mol. The third-order valence-corrected chi connectivity index (χ3v) is 4.85. The lowest BCUT2D eigenvalue weighted by Gasteiger charge is -2.31. The van der Waals surface area contributed by atoms with Gasteiger partial charge in [0.05, 0.1) is 12.2 Å². The number of nitrogens with one attached hydrogen (secondary N) is 1. The predicted octanol–water partition coefficient (Wildman–Crippen LogP) is 3.49. The fourth-order valence-corrected chi connectivity index (χ4v) is 3.70. The standard InChI is InChI=1S/C16H32N2OS/c1-6-8-14-16(19)18(13(5)9-10-20-7-2)15(17-14)11-12(3)4/h12-15,17H,6-11H2,1-5H3. The molecule has 0 aromatic carbocycles. The van der Waals surface area contributed by atoms with E-state index in [9.17, 15) is 4.79 Å². The SMILES string of the molecule is CCCC1NC(CC(C)C)N(C(C)CCSCC)C1=O. The molecular weight excluding hydrogens is 268 g/mol. The molecule has 1 aliphatic rings. The minimum Gasteiger partial charge on any atom is -0.323 e. The van der Waals surface area contributed by atoms with Crippen molar-refractivity contribution in [1.82, 2.24) is 10.2 Å². The molecule has 1 N–H and O–H groups in total. The van der Waals surface area contributed by atoms with Gasteiger partial charge in [0.25, 0.3) is 0 Å². The highest BCUT2D eigenvalue weighted by Gasteiger charge is 2.40. The maximum Gasteiger partial charge on any atom is 0.241 e. The van der Waals surface area contributed by atoms with Crippen LogP contribution in [0.4, 0.5) is 0 Å². The smallest absolute Gasteiger partial charge is 0.241 e. The van der Waals surface area contributed by atoms with Crippen LogP contribution >= 0.6 is 11.8 Å². The van der Waals surface area contributed by atoms with E-state index in [4.69, 9.17) is 0 Å². The van der Waals surface area contributed by atoms with E-state index in [0.29, 0.717) is 17.9 Å². The average Bonchev–Trinajstić information content (AvgIpc) is 2.66. The summed E-state index contributed by atoms with van der Waals surface area (Å²) in [5, 5.41) is 3.56. The van der Waals surface area contributed by atoms with E-state index >= 15 is 0 Å². The molecule has 0 radical (unpaired) electrons. The molecule has 3 nitrogen and oxygen atoms in total. The molecule has 1 rings (SSSR count). The minimum atomic E-state index is 0.0463. The van der Waals surface area contributed by atoms with E-state index in [-0.39, 0.29) is 12.2 Å². The van der Waals surface area contributed by atoms with Gasteiger partial charge < -0.3 is 4.90 Å². The van der Waals surface area contributed by atoms with Crippen LogP contribution in [-0.2, 0) is 4.79 Å². The van der Waals surface area contributed by atoms with Gasteiger partial charge in [-0.15, -0.1) is 0 Å². The maximum atomic E-state index is 12.6. The first-order valence-electron chi connectivity index (χ1n) is 8.17. The molecule has 3 unspecified atom stereocenters. The highest BCUT2D eigenvalue weighted by atomic mass is 32.2. The zero-order valence-corrected chi connectivity index (χ0v) is 14.6. The Labute approximate surface area is 129 Å². The van der Waals surface area contributed by atoms with E-state index in [1.165, 1.54) is 0 Å². The number of hydrogen-bond acceptors (Lipinski definition) is 3. The second kappa shape index (κ2) is 8.93. The molecular formula is C16H32N2OS. The van der Waals surface area contributed by atoms with Gasteiger partial charge in [0, 0.05) is 6.04 Å². The van der Waals surface area contributed by atoms with Crippen LogP contribution in [0.5, 0.6) is 0 Å². The van der Waals surface area contributed by atoms with Gasteiger partial charge in [0.15, 0.2) is 0 Å². The number of carbonyl (C=O) groups excluding carboxylic acids is 1. The molecule has 0 aromatic rings. The Morgan fingerprint density at radius 2 is 2.00 bits per heavy atom. The summed E-state index contributed by atoms with van der Waals surface area (Å²) < 4.78 is 0. The Balaban J connectivity index is 2.67. The lowest BCUT2D eigenvalue weighted by Crippen LogP contribution is -2.44. The van der Waals surface area contributed by atoms with Crippen LogP contribution < -0.4 is 5.32 Å². The van der Waals surface area contributed by atoms with Crippen molar-refractivity contribution in [3.8, 4) is 0 Å². The second-order valence-corrected chi connectivity index (χ2v) is 7.63. The van der Waals surface area contributed by atoms with Crippen molar-refractivity contribution in [2.24, 2.45) is 5.92 Å². The van der Waals surface area contributed by atoms with Gasteiger partial charge in [-0.1, -0.05) is 34.1 Å². The van der Waals surface area contributed by atoms with Crippen LogP contribution in [0.3, 0.4) is 0 Å². The number of rotatable bonds is 9. The normalized spacial score (nSPS) is 24.7. The van der Waals surface area contributed by atoms with Crippen molar-refractivity contribution < 1.29 is 4.79 Å². The van der Waals surface area contributed by atoms with Crippen LogP contribution in [-0.4, -0.2) is 40.6 Å². The van der Waals surface area contributed by atoms with Crippen molar-refractivity contribution in [2.75, 3.05) is 11.5 Å². The van der Waals surface area contributed by atoms with Crippen LogP contribution in [0.2, 0.25) is 0 Å². The molecule has 0 aliphatic carbocycles. The van der Waals surface area contributed by atoms with Crippen molar-refractivity contribution in [2.45, 2.75) is 78.6 Å². The molecule has 4 heteroatoms. The quantitative estimate of drug-likeness (QED) is 0.662. The van der Waals surface area contributed by atoms with Crippen molar-refractivity contribution in [3.63, 3.8) is 0 Å². The Bertz CT molecular complexity index is 296. The summed E-state index contributed by atoms with van der Waals surface area (Å²) in [6.07, 6.45) is 4.41. The van der Waals surface area contributed by atoms with Gasteiger partial charge in [-0.2, -0.15) is 11.8 Å². The lowest BCUT2D eigenvalue weighted by atomic mass is 10.1. The summed E-state index contributed by atoms with van der Waals surface area (Å²) in [5.41, 5.74) is 0. The Hall–Kier alpha value is -0.220. The number of nitrogens with zero attached hydrogens (tertiary/aromatic N) is 1. The third-order valence-electron chi connectivity index (χ3n) is 3.91. The predicted molar refractivity (Wildman–Crippen MR) is 89.0 cm³/mol. The molecule has 1 amide bonds. The molecule has 1 aliphatic heterocycles. The molecule has 1 saturated heterocycles. The second-order valence-electron chi connectivity index (χ2n) is 6.23. The van der Waals surface area contributed by atoms with Gasteiger partial charge in [-0.3, -0.25) is 10.1 Å². The number of carbonyl (C=O) groups is 1. The van der Waals surface area contributed by atoms with Gasteiger partial charge in [0.2, 0.25) is 5.91 Å². The first-order valence-corrected chi connectivity index (χ1v) is 9.32. The monoisotopic (exact) mass is 300 g/mol. The molecule has 1 heterocycles. The molecule has 0 spiro atoms. The van der Waals surface area contributed by atoms with E-state index < -0.39 is 0 Å². The summed E-state index contributed by atoms with van der Waals surface area (Å²) in [7, 11) is 0. The van der Waals surface area contributed by atoms with Crippen LogP contribution in [0, 0.1) is 5.92 Å². The minimum absolute atomic E-state index is 0.0463. The molecule has 0 aromatic heterocycles. The first-order chi connectivity index (χ1) is 9.51. The Morgan fingerprint density at radius 1 is 1.30 bits per heavy atom. The number of amides is 1. The fourth-order valence-electron chi connectivity index (χ4n) is 2.90. The summed E-state index contributed by atoms with van der Waals surface area (Å²) in [6, 6.07) is 0.393. The molecule has 20 heavy (non-hydrogen) atoms. The van der Waals surface area contributed by atoms with Crippen molar-refractivity contribution >= 4 is 17.7 Å². The maximum absolute atomic E-state index is 12.6. The molecule has 3 atom stereocenters. The summed E-state index contributed by atoms with van der Waals surface area (Å²) >= 11 is 1.96. The van der Waals surface area contributed by atoms with Gasteiger partial charge in [0.1, 0.15) is 0 Å². The Kier molecular flexibility index (Phi) is 7.96. The fraction of sp³-hybridized carbons (Fsp3) is 0.938. The topological polar surface area (TPSA) is 32.3 Å². The molecule has 0 saturated carbocycles. The van der Waals surface area contributed by atoms with Crippen molar-refractivity contribution in [1.29, 1.82) is 0 Å². The molecule has 0 bridgehead atoms. The summed E-state index contributed by atoms with van der Waals surface area (Å²) in [6.45, 7) is 11.0. The number of thioether (sulfide) groups is 1. The van der Waals surface area contributed by atoms with E-state index in [1.807, 2.05) is 11.8 Å². The summed E-state index contributed by atoms with van der Waals surface area (Å²) in [5.74, 6) is 3.24. The van der Waals surface area contributed by atoms with Gasteiger partial charge in [-0.05, 0) is 43.6 Å². The van der Waals surface area contributed by atoms with Gasteiger partial charge in [-0.25, -0.2) is 0 Å². The van der Waals surface area contributed by atoms with Gasteiger partial charge >= 0.3 is 0 Å². The highest BCUT2D eigenvalue weighted by molar-refractivity contribution is 7.99. The summed E-state index contributed by atoms with van der Waals surface area (Å²) in [4.78, 5) is 14.8. The number of hydrogen-bond donors (Lipinski definition) is 1. The van der Waals surface area contributed by atoms with E-state index in [1.54, 1.807) is 0 Å². The Morgan fingerprint density at radius 3 is 2.55 bits per heavy atom. The van der Waals surface area contributed by atoms with Crippen LogP contribution in [0.25, 0.3) is 0 Å². The zero-order chi connectivity index (χ0) is 15.1. The van der Waals surface area contributed by atoms with Crippen LogP contribution in [0.1, 0.15) is 60.3 Å². The molecule has 118 valence electrons. The lowest BCUT2D eigenvalue weighted by molar-refractivity contribution is -0.132. The first kappa shape index (κ1) is 17.8. The molecule has 1 fully saturated rings. The zero-order valence-electron chi connectivity index (χ0n) is 13.8. The largest absolute Gasteiger partial charge is 0.323 e. The third kappa shape index (κ3) is 4.96. The van der Waals surface area contributed by atoms with E-state index in [0.717, 1.165) is 37.2 Å². The van der Waals surface area contributed by atoms with Crippen LogP contribution in [0.15, 0.2) is 0 Å².